The predicted octanol–water partition coefficient (Wildman–Crippen LogP) is 5.56. The second-order valence-electron chi connectivity index (χ2n) is 6.61. The average Bonchev–Trinajstić information content (AvgIpc) is 3.23. The van der Waals surface area contributed by atoms with Crippen LogP contribution in [0.3, 0.4) is 0 Å². The lowest BCUT2D eigenvalue weighted by Crippen LogP contribution is -2.23. The maximum absolute atomic E-state index is 13.5. The lowest BCUT2D eigenvalue weighted by Gasteiger charge is -2.16. The third-order valence-corrected chi connectivity index (χ3v) is 4.52. The topological polar surface area (TPSA) is 83.4 Å². The summed E-state index contributed by atoms with van der Waals surface area (Å²) in [5, 5.41) is 7.71. The van der Waals surface area contributed by atoms with Crippen molar-refractivity contribution in [2.75, 3.05) is 22.5 Å². The van der Waals surface area contributed by atoms with Crippen molar-refractivity contribution in [3.8, 4) is 0 Å². The van der Waals surface area contributed by atoms with E-state index < -0.39 is 30.1 Å². The zero-order valence-electron chi connectivity index (χ0n) is 16.1. The molecular formula is C21H17ClF3N3O3. The van der Waals surface area contributed by atoms with Crippen molar-refractivity contribution in [3.63, 3.8) is 0 Å². The molecule has 0 bridgehead atoms. The number of alkyl halides is 3. The lowest BCUT2D eigenvalue weighted by molar-refractivity contribution is -0.137. The van der Waals surface area contributed by atoms with Gasteiger partial charge in [0.15, 0.2) is 0 Å². The molecule has 2 amide bonds. The Labute approximate surface area is 180 Å². The molecule has 0 saturated carbocycles. The van der Waals surface area contributed by atoms with Crippen molar-refractivity contribution in [2.45, 2.75) is 13.1 Å². The molecule has 10 heteroatoms. The van der Waals surface area contributed by atoms with Crippen molar-refractivity contribution < 1.29 is 27.2 Å². The van der Waals surface area contributed by atoms with E-state index in [1.54, 1.807) is 18.2 Å². The maximum Gasteiger partial charge on any atom is 0.418 e. The van der Waals surface area contributed by atoms with E-state index in [-0.39, 0.29) is 16.9 Å². The van der Waals surface area contributed by atoms with Crippen LogP contribution in [0.25, 0.3) is 0 Å². The minimum absolute atomic E-state index is 0.0556. The molecule has 0 atom stereocenters. The number of rotatable bonds is 6. The fraction of sp³-hybridized carbons (Fsp3) is 0.143. The molecule has 0 unspecified atom stereocenters. The molecule has 0 saturated heterocycles. The molecule has 1 aromatic heterocycles. The van der Waals surface area contributed by atoms with E-state index in [1.807, 2.05) is 6.92 Å². The smallest absolute Gasteiger partial charge is 0.418 e. The summed E-state index contributed by atoms with van der Waals surface area (Å²) in [6.45, 7) is 1.41. The van der Waals surface area contributed by atoms with Crippen LogP contribution in [0.5, 0.6) is 0 Å². The fourth-order valence-corrected chi connectivity index (χ4v) is 2.98. The molecule has 2 aromatic carbocycles. The Morgan fingerprint density at radius 2 is 1.77 bits per heavy atom. The molecule has 0 aliphatic heterocycles. The summed E-state index contributed by atoms with van der Waals surface area (Å²) in [5.74, 6) is -1.19. The van der Waals surface area contributed by atoms with Crippen LogP contribution in [0, 0.1) is 6.92 Å². The number of hydrogen-bond acceptors (Lipinski definition) is 4. The Balaban J connectivity index is 1.71. The van der Waals surface area contributed by atoms with Crippen molar-refractivity contribution in [1.82, 2.24) is 0 Å². The van der Waals surface area contributed by atoms with Gasteiger partial charge in [-0.1, -0.05) is 17.7 Å². The molecule has 0 radical (unpaired) electrons. The minimum Gasteiger partial charge on any atom is -0.472 e. The van der Waals surface area contributed by atoms with E-state index in [1.165, 1.54) is 24.7 Å². The van der Waals surface area contributed by atoms with Crippen LogP contribution in [0.2, 0.25) is 5.02 Å². The van der Waals surface area contributed by atoms with Crippen molar-refractivity contribution in [3.05, 3.63) is 76.7 Å². The van der Waals surface area contributed by atoms with E-state index in [2.05, 4.69) is 16.0 Å². The molecule has 1 heterocycles. The Bertz CT molecular complexity index is 1100. The Morgan fingerprint density at radius 3 is 2.42 bits per heavy atom. The highest BCUT2D eigenvalue weighted by molar-refractivity contribution is 6.33. The average molecular weight is 452 g/mol. The summed E-state index contributed by atoms with van der Waals surface area (Å²) in [6.07, 6.45) is -2.26. The van der Waals surface area contributed by atoms with Crippen LogP contribution in [0.4, 0.5) is 30.2 Å². The van der Waals surface area contributed by atoms with Gasteiger partial charge in [-0.05, 0) is 48.9 Å². The summed E-state index contributed by atoms with van der Waals surface area (Å²) >= 11 is 6.05. The van der Waals surface area contributed by atoms with Gasteiger partial charge in [0.1, 0.15) is 6.26 Å². The molecule has 3 aromatic rings. The molecule has 6 nitrogen and oxygen atoms in total. The molecule has 3 rings (SSSR count). The monoisotopic (exact) mass is 451 g/mol. The molecule has 31 heavy (non-hydrogen) atoms. The first-order chi connectivity index (χ1) is 14.6. The number of halogens is 4. The second-order valence-corrected chi connectivity index (χ2v) is 7.02. The van der Waals surface area contributed by atoms with E-state index in [0.29, 0.717) is 10.7 Å². The number of amides is 2. The first-order valence-corrected chi connectivity index (χ1v) is 9.36. The highest BCUT2D eigenvalue weighted by Crippen LogP contribution is 2.36. The zero-order valence-corrected chi connectivity index (χ0v) is 16.9. The molecule has 0 fully saturated rings. The highest BCUT2D eigenvalue weighted by Gasteiger charge is 2.34. The molecule has 0 aliphatic rings. The van der Waals surface area contributed by atoms with Crippen LogP contribution in [0.15, 0.2) is 59.4 Å². The highest BCUT2D eigenvalue weighted by atomic mass is 35.5. The number of carbonyl (C=O) groups is 2. The first kappa shape index (κ1) is 22.2. The van der Waals surface area contributed by atoms with Crippen LogP contribution in [-0.4, -0.2) is 18.4 Å². The summed E-state index contributed by atoms with van der Waals surface area (Å²) in [7, 11) is 0. The van der Waals surface area contributed by atoms with Crippen LogP contribution >= 0.6 is 11.6 Å². The molecule has 0 aliphatic carbocycles. The van der Waals surface area contributed by atoms with Crippen LogP contribution < -0.4 is 16.0 Å². The standard InChI is InChI=1S/C21H17ClF3N3O3/c1-12-2-4-18(16(22)8-12)28-19(29)10-26-17-5-3-14(9-15(17)21(23,24)25)27-20(30)13-6-7-31-11-13/h2-9,11,26H,10H2,1H3,(H,27,30)(H,28,29). The molecule has 3 N–H and O–H groups in total. The normalized spacial score (nSPS) is 11.1. The van der Waals surface area contributed by atoms with E-state index in [4.69, 9.17) is 16.0 Å². The lowest BCUT2D eigenvalue weighted by atomic mass is 10.1. The molecule has 0 spiro atoms. The quantitative estimate of drug-likeness (QED) is 0.458. The summed E-state index contributed by atoms with van der Waals surface area (Å²) in [4.78, 5) is 24.2. The Morgan fingerprint density at radius 1 is 1.03 bits per heavy atom. The summed E-state index contributed by atoms with van der Waals surface area (Å²) in [6, 6.07) is 9.61. The van der Waals surface area contributed by atoms with Gasteiger partial charge >= 0.3 is 6.18 Å². The predicted molar refractivity (Wildman–Crippen MR) is 111 cm³/mol. The summed E-state index contributed by atoms with van der Waals surface area (Å²) in [5.41, 5.74) is 0.0306. The van der Waals surface area contributed by atoms with Gasteiger partial charge in [-0.3, -0.25) is 9.59 Å². The second kappa shape index (κ2) is 9.13. The molecule has 162 valence electrons. The fourth-order valence-electron chi connectivity index (χ4n) is 2.70. The summed E-state index contributed by atoms with van der Waals surface area (Å²) < 4.78 is 45.3. The largest absolute Gasteiger partial charge is 0.472 e. The van der Waals surface area contributed by atoms with Gasteiger partial charge in [0, 0.05) is 11.4 Å². The number of aryl methyl sites for hydroxylation is 1. The van der Waals surface area contributed by atoms with Gasteiger partial charge in [-0.15, -0.1) is 0 Å². The van der Waals surface area contributed by atoms with Gasteiger partial charge in [0.05, 0.1) is 34.6 Å². The van der Waals surface area contributed by atoms with E-state index >= 15 is 0 Å². The number of nitrogens with one attached hydrogen (secondary N) is 3. The number of carbonyl (C=O) groups excluding carboxylic acids is 2. The third kappa shape index (κ3) is 5.79. The van der Waals surface area contributed by atoms with Crippen molar-refractivity contribution >= 4 is 40.5 Å². The minimum atomic E-state index is -4.71. The van der Waals surface area contributed by atoms with E-state index in [0.717, 1.165) is 17.7 Å². The third-order valence-electron chi connectivity index (χ3n) is 4.20. The van der Waals surface area contributed by atoms with Gasteiger partial charge < -0.3 is 20.4 Å². The number of anilines is 3. The van der Waals surface area contributed by atoms with Crippen LogP contribution in [-0.2, 0) is 11.0 Å². The van der Waals surface area contributed by atoms with Gasteiger partial charge in [0.2, 0.25) is 5.91 Å². The molecular weight excluding hydrogens is 435 g/mol. The van der Waals surface area contributed by atoms with Gasteiger partial charge in [-0.25, -0.2) is 0 Å². The SMILES string of the molecule is Cc1ccc(NC(=O)CNc2ccc(NC(=O)c3ccoc3)cc2C(F)(F)F)c(Cl)c1. The van der Waals surface area contributed by atoms with Crippen molar-refractivity contribution in [1.29, 1.82) is 0 Å². The number of furan rings is 1. The first-order valence-electron chi connectivity index (χ1n) is 8.98. The maximum atomic E-state index is 13.5. The van der Waals surface area contributed by atoms with Gasteiger partial charge in [-0.2, -0.15) is 13.2 Å². The Hall–Kier alpha value is -3.46. The van der Waals surface area contributed by atoms with E-state index in [9.17, 15) is 22.8 Å². The number of benzene rings is 2. The van der Waals surface area contributed by atoms with Crippen LogP contribution in [0.1, 0.15) is 21.5 Å². The Kier molecular flexibility index (Phi) is 6.55. The van der Waals surface area contributed by atoms with Gasteiger partial charge in [0.25, 0.3) is 5.91 Å². The van der Waals surface area contributed by atoms with Crippen molar-refractivity contribution in [2.24, 2.45) is 0 Å². The zero-order chi connectivity index (χ0) is 22.6. The number of hydrogen-bond donors (Lipinski definition) is 3.